The molecule has 2 N–H and O–H groups in total. The van der Waals surface area contributed by atoms with Gasteiger partial charge >= 0.3 is 0 Å². The van der Waals surface area contributed by atoms with Crippen LogP contribution < -0.4 is 5.48 Å². The Balaban J connectivity index is 2.05. The van der Waals surface area contributed by atoms with Crippen LogP contribution in [0.5, 0.6) is 0 Å². The van der Waals surface area contributed by atoms with Gasteiger partial charge in [-0.25, -0.2) is 5.48 Å². The Hall–Kier alpha value is -1.00. The van der Waals surface area contributed by atoms with Crippen LogP contribution in [0.3, 0.4) is 0 Å². The van der Waals surface area contributed by atoms with E-state index in [1.54, 1.807) is 5.48 Å². The maximum Gasteiger partial charge on any atom is 0.243 e. The molecule has 1 aromatic rings. The van der Waals surface area contributed by atoms with Crippen molar-refractivity contribution in [1.82, 2.24) is 5.48 Å². The lowest BCUT2D eigenvalue weighted by Crippen LogP contribution is -2.17. The van der Waals surface area contributed by atoms with Gasteiger partial charge in [-0.1, -0.05) is 31.9 Å². The summed E-state index contributed by atoms with van der Waals surface area (Å²) in [5.41, 5.74) is 3.05. The molecule has 0 saturated carbocycles. The minimum absolute atomic E-state index is 0.286. The minimum atomic E-state index is -0.286. The number of hydroxylamine groups is 1. The monoisotopic (exact) mass is 281 g/mol. The van der Waals surface area contributed by atoms with Crippen LogP contribution in [0.25, 0.3) is 0 Å². The minimum Gasteiger partial charge on any atom is -0.289 e. The van der Waals surface area contributed by atoms with E-state index in [1.807, 2.05) is 11.8 Å². The van der Waals surface area contributed by atoms with Crippen LogP contribution in [0.1, 0.15) is 44.6 Å². The molecular weight excluding hydrogens is 258 g/mol. The van der Waals surface area contributed by atoms with Crippen molar-refractivity contribution in [2.75, 3.05) is 5.75 Å². The topological polar surface area (TPSA) is 49.3 Å². The molecule has 0 heterocycles. The molecule has 0 spiro atoms. The van der Waals surface area contributed by atoms with E-state index in [2.05, 4.69) is 31.2 Å². The number of benzene rings is 1. The van der Waals surface area contributed by atoms with E-state index in [0.717, 1.165) is 31.4 Å². The summed E-state index contributed by atoms with van der Waals surface area (Å²) >= 11 is 1.90. The first-order valence-electron chi connectivity index (χ1n) is 6.91. The highest BCUT2D eigenvalue weighted by atomic mass is 32.2. The Bertz CT molecular complexity index is 382. The van der Waals surface area contributed by atoms with Crippen LogP contribution in [0.4, 0.5) is 0 Å². The van der Waals surface area contributed by atoms with Gasteiger partial charge in [0.1, 0.15) is 0 Å². The second-order valence-corrected chi connectivity index (χ2v) is 5.72. The molecule has 0 aliphatic rings. The molecule has 1 amide bonds. The number of carbonyl (C=O) groups excluding carboxylic acids is 1. The Morgan fingerprint density at radius 3 is 2.79 bits per heavy atom. The summed E-state index contributed by atoms with van der Waals surface area (Å²) in [5, 5.41) is 8.34. The first-order chi connectivity index (χ1) is 9.26. The molecule has 0 bridgehead atoms. The Labute approximate surface area is 119 Å². The van der Waals surface area contributed by atoms with Crippen LogP contribution in [0, 0.1) is 0 Å². The number of rotatable bonds is 9. The van der Waals surface area contributed by atoms with E-state index >= 15 is 0 Å². The van der Waals surface area contributed by atoms with Crippen LogP contribution >= 0.6 is 11.8 Å². The molecule has 3 nitrogen and oxygen atoms in total. The molecule has 106 valence electrons. The van der Waals surface area contributed by atoms with E-state index < -0.39 is 0 Å². The van der Waals surface area contributed by atoms with Crippen LogP contribution in [0.15, 0.2) is 29.2 Å². The van der Waals surface area contributed by atoms with Gasteiger partial charge in [0.25, 0.3) is 0 Å². The molecule has 0 saturated heterocycles. The zero-order valence-electron chi connectivity index (χ0n) is 11.5. The van der Waals surface area contributed by atoms with Crippen molar-refractivity contribution in [2.24, 2.45) is 0 Å². The van der Waals surface area contributed by atoms with Crippen molar-refractivity contribution in [3.63, 3.8) is 0 Å². The molecule has 4 heteroatoms. The van der Waals surface area contributed by atoms with Gasteiger partial charge in [0.15, 0.2) is 0 Å². The molecule has 0 aliphatic carbocycles. The Morgan fingerprint density at radius 2 is 2.05 bits per heavy atom. The molecule has 1 aromatic carbocycles. The third-order valence-corrected chi connectivity index (χ3v) is 4.08. The summed E-state index contributed by atoms with van der Waals surface area (Å²) in [7, 11) is 0. The van der Waals surface area contributed by atoms with Crippen molar-refractivity contribution in [2.45, 2.75) is 50.3 Å². The number of carbonyl (C=O) groups is 1. The summed E-state index contributed by atoms with van der Waals surface area (Å²) in [6.45, 7) is 2.17. The van der Waals surface area contributed by atoms with Gasteiger partial charge in [-0.15, -0.1) is 11.8 Å². The largest absolute Gasteiger partial charge is 0.289 e. The first kappa shape index (κ1) is 16.1. The number of aryl methyl sites for hydroxylation is 1. The predicted octanol–water partition coefficient (Wildman–Crippen LogP) is 3.80. The molecule has 0 aliphatic heterocycles. The lowest BCUT2D eigenvalue weighted by Gasteiger charge is -2.04. The lowest BCUT2D eigenvalue weighted by molar-refractivity contribution is -0.129. The molecule has 1 rings (SSSR count). The molecule has 0 unspecified atom stereocenters. The zero-order valence-corrected chi connectivity index (χ0v) is 12.3. The quantitative estimate of drug-likeness (QED) is 0.313. The maximum absolute atomic E-state index is 10.8. The van der Waals surface area contributed by atoms with Gasteiger partial charge in [-0.2, -0.15) is 0 Å². The van der Waals surface area contributed by atoms with Crippen molar-refractivity contribution in [1.29, 1.82) is 0 Å². The molecule has 0 aromatic heterocycles. The summed E-state index contributed by atoms with van der Waals surface area (Å²) in [4.78, 5) is 12.1. The van der Waals surface area contributed by atoms with Gasteiger partial charge < -0.3 is 0 Å². The molecule has 19 heavy (non-hydrogen) atoms. The molecule has 0 radical (unpaired) electrons. The van der Waals surface area contributed by atoms with E-state index in [4.69, 9.17) is 5.21 Å². The van der Waals surface area contributed by atoms with Crippen LogP contribution in [0.2, 0.25) is 0 Å². The fraction of sp³-hybridized carbons (Fsp3) is 0.533. The van der Waals surface area contributed by atoms with Gasteiger partial charge in [0.05, 0.1) is 0 Å². The molecular formula is C15H23NO2S. The summed E-state index contributed by atoms with van der Waals surface area (Å²) in [6, 6.07) is 8.70. The number of hydrogen-bond acceptors (Lipinski definition) is 3. The lowest BCUT2D eigenvalue weighted by atomic mass is 10.1. The highest BCUT2D eigenvalue weighted by molar-refractivity contribution is 7.99. The number of hydrogen-bond donors (Lipinski definition) is 2. The van der Waals surface area contributed by atoms with E-state index in [-0.39, 0.29) is 5.91 Å². The van der Waals surface area contributed by atoms with Crippen molar-refractivity contribution in [3.8, 4) is 0 Å². The SMILES string of the molecule is CCc1cccc(SCCCCCCC(=O)NO)c1. The standard InChI is InChI=1S/C15H23NO2S/c1-2-13-8-7-9-14(12-13)19-11-6-4-3-5-10-15(17)16-18/h7-9,12,18H,2-6,10-11H2,1H3,(H,16,17). The summed E-state index contributed by atoms with van der Waals surface area (Å²) in [5.74, 6) is 0.838. The normalized spacial score (nSPS) is 10.4. The highest BCUT2D eigenvalue weighted by Crippen LogP contribution is 2.21. The summed E-state index contributed by atoms with van der Waals surface area (Å²) in [6.07, 6.45) is 5.70. The number of amides is 1. The van der Waals surface area contributed by atoms with Gasteiger partial charge in [-0.3, -0.25) is 10.0 Å². The highest BCUT2D eigenvalue weighted by Gasteiger charge is 1.99. The molecule has 0 fully saturated rings. The van der Waals surface area contributed by atoms with Crippen molar-refractivity contribution >= 4 is 17.7 Å². The summed E-state index contributed by atoms with van der Waals surface area (Å²) < 4.78 is 0. The van der Waals surface area contributed by atoms with Crippen molar-refractivity contribution in [3.05, 3.63) is 29.8 Å². The second-order valence-electron chi connectivity index (χ2n) is 4.55. The Kier molecular flexibility index (Phi) is 8.34. The fourth-order valence-corrected chi connectivity index (χ4v) is 2.84. The fourth-order valence-electron chi connectivity index (χ4n) is 1.84. The predicted molar refractivity (Wildman–Crippen MR) is 79.6 cm³/mol. The second kappa shape index (κ2) is 9.87. The smallest absolute Gasteiger partial charge is 0.243 e. The van der Waals surface area contributed by atoms with Crippen LogP contribution in [-0.2, 0) is 11.2 Å². The molecule has 0 atom stereocenters. The van der Waals surface area contributed by atoms with Crippen LogP contribution in [-0.4, -0.2) is 16.9 Å². The third kappa shape index (κ3) is 7.23. The average Bonchev–Trinajstić information content (AvgIpc) is 2.46. The van der Waals surface area contributed by atoms with Gasteiger partial charge in [-0.05, 0) is 42.7 Å². The van der Waals surface area contributed by atoms with E-state index in [9.17, 15) is 4.79 Å². The third-order valence-electron chi connectivity index (χ3n) is 3.00. The average molecular weight is 281 g/mol. The zero-order chi connectivity index (χ0) is 13.9. The Morgan fingerprint density at radius 1 is 1.26 bits per heavy atom. The number of thioether (sulfide) groups is 1. The van der Waals surface area contributed by atoms with Gasteiger partial charge in [0.2, 0.25) is 5.91 Å². The maximum atomic E-state index is 10.8. The number of nitrogens with one attached hydrogen (secondary N) is 1. The van der Waals surface area contributed by atoms with E-state index in [0.29, 0.717) is 6.42 Å². The first-order valence-corrected chi connectivity index (χ1v) is 7.89. The van der Waals surface area contributed by atoms with Gasteiger partial charge in [0, 0.05) is 11.3 Å². The number of unbranched alkanes of at least 4 members (excludes halogenated alkanes) is 3. The van der Waals surface area contributed by atoms with E-state index in [1.165, 1.54) is 16.9 Å². The van der Waals surface area contributed by atoms with Crippen molar-refractivity contribution < 1.29 is 10.0 Å².